The third-order valence-corrected chi connectivity index (χ3v) is 5.66. The van der Waals surface area contributed by atoms with Crippen LogP contribution in [0.5, 0.6) is 0 Å². The van der Waals surface area contributed by atoms with Crippen LogP contribution in [0, 0.1) is 20.8 Å². The van der Waals surface area contributed by atoms with Crippen LogP contribution in [0.1, 0.15) is 23.6 Å². The van der Waals surface area contributed by atoms with Crippen LogP contribution < -0.4 is 9.62 Å². The minimum atomic E-state index is -3.61. The molecule has 6 heteroatoms. The number of para-hydroxylation sites is 1. The molecular formula is C19H24N2O3S. The molecule has 2 aromatic carbocycles. The van der Waals surface area contributed by atoms with Crippen molar-refractivity contribution in [1.29, 1.82) is 0 Å². The van der Waals surface area contributed by atoms with Gasteiger partial charge in [0.15, 0.2) is 0 Å². The zero-order valence-electron chi connectivity index (χ0n) is 15.0. The lowest BCUT2D eigenvalue weighted by atomic mass is 10.2. The van der Waals surface area contributed by atoms with Crippen molar-refractivity contribution in [1.82, 2.24) is 4.72 Å². The molecule has 0 aromatic heterocycles. The standard InChI is InChI=1S/C19H24N2O3S/c1-14-9-10-19(16(3)13-14)25(23,24)20-11-12-21(17(4)22)18-8-6-5-7-15(18)2/h5-10,13,20H,11-12H2,1-4H3. The third-order valence-electron chi connectivity index (χ3n) is 4.03. The molecule has 134 valence electrons. The van der Waals surface area contributed by atoms with E-state index in [1.54, 1.807) is 24.0 Å². The monoisotopic (exact) mass is 360 g/mol. The molecular weight excluding hydrogens is 336 g/mol. The van der Waals surface area contributed by atoms with Crippen LogP contribution in [-0.2, 0) is 14.8 Å². The first-order valence-electron chi connectivity index (χ1n) is 8.13. The SMILES string of the molecule is CC(=O)N(CCNS(=O)(=O)c1ccc(C)cc1C)c1ccccc1C. The minimum Gasteiger partial charge on any atom is -0.311 e. The Hall–Kier alpha value is -2.18. The van der Waals surface area contributed by atoms with E-state index in [-0.39, 0.29) is 23.9 Å². The van der Waals surface area contributed by atoms with E-state index in [2.05, 4.69) is 4.72 Å². The van der Waals surface area contributed by atoms with Gasteiger partial charge in [0.2, 0.25) is 15.9 Å². The Balaban J connectivity index is 2.12. The van der Waals surface area contributed by atoms with Crippen molar-refractivity contribution < 1.29 is 13.2 Å². The van der Waals surface area contributed by atoms with Crippen LogP contribution in [-0.4, -0.2) is 27.4 Å². The molecule has 0 unspecified atom stereocenters. The van der Waals surface area contributed by atoms with Crippen molar-refractivity contribution >= 4 is 21.6 Å². The average Bonchev–Trinajstić information content (AvgIpc) is 2.52. The molecule has 1 N–H and O–H groups in total. The van der Waals surface area contributed by atoms with Crippen molar-refractivity contribution in [2.75, 3.05) is 18.0 Å². The molecule has 0 aliphatic heterocycles. The quantitative estimate of drug-likeness (QED) is 0.861. The molecule has 0 bridgehead atoms. The summed E-state index contributed by atoms with van der Waals surface area (Å²) >= 11 is 0. The lowest BCUT2D eigenvalue weighted by Crippen LogP contribution is -2.38. The van der Waals surface area contributed by atoms with Crippen molar-refractivity contribution in [3.63, 3.8) is 0 Å². The van der Waals surface area contributed by atoms with Gasteiger partial charge in [-0.25, -0.2) is 13.1 Å². The Kier molecular flexibility index (Phi) is 5.98. The average molecular weight is 360 g/mol. The molecule has 0 fully saturated rings. The highest BCUT2D eigenvalue weighted by atomic mass is 32.2. The summed E-state index contributed by atoms with van der Waals surface area (Å²) < 4.78 is 27.6. The number of hydrogen-bond donors (Lipinski definition) is 1. The fourth-order valence-electron chi connectivity index (χ4n) is 2.78. The number of aryl methyl sites for hydroxylation is 3. The van der Waals surface area contributed by atoms with Gasteiger partial charge in [0.25, 0.3) is 0 Å². The molecule has 0 spiro atoms. The van der Waals surface area contributed by atoms with E-state index in [1.807, 2.05) is 44.2 Å². The number of benzene rings is 2. The molecule has 0 radical (unpaired) electrons. The summed E-state index contributed by atoms with van der Waals surface area (Å²) in [6, 6.07) is 12.8. The number of nitrogens with one attached hydrogen (secondary N) is 1. The summed E-state index contributed by atoms with van der Waals surface area (Å²) in [7, 11) is -3.61. The zero-order chi connectivity index (χ0) is 18.6. The Bertz CT molecular complexity index is 876. The summed E-state index contributed by atoms with van der Waals surface area (Å²) in [5, 5.41) is 0. The highest BCUT2D eigenvalue weighted by molar-refractivity contribution is 7.89. The van der Waals surface area contributed by atoms with Crippen molar-refractivity contribution in [2.24, 2.45) is 0 Å². The Morgan fingerprint density at radius 1 is 1.04 bits per heavy atom. The molecule has 5 nitrogen and oxygen atoms in total. The molecule has 0 aliphatic rings. The highest BCUT2D eigenvalue weighted by Gasteiger charge is 2.18. The van der Waals surface area contributed by atoms with Crippen LogP contribution in [0.3, 0.4) is 0 Å². The predicted octanol–water partition coefficient (Wildman–Crippen LogP) is 2.94. The Morgan fingerprint density at radius 2 is 1.72 bits per heavy atom. The second kappa shape index (κ2) is 7.80. The van der Waals surface area contributed by atoms with Crippen molar-refractivity contribution in [3.8, 4) is 0 Å². The van der Waals surface area contributed by atoms with Crippen molar-refractivity contribution in [3.05, 3.63) is 59.2 Å². The van der Waals surface area contributed by atoms with Gasteiger partial charge in [0, 0.05) is 25.7 Å². The smallest absolute Gasteiger partial charge is 0.240 e. The van der Waals surface area contributed by atoms with E-state index >= 15 is 0 Å². The predicted molar refractivity (Wildman–Crippen MR) is 100 cm³/mol. The number of hydrogen-bond acceptors (Lipinski definition) is 3. The van der Waals surface area contributed by atoms with Gasteiger partial charge in [-0.2, -0.15) is 0 Å². The maximum absolute atomic E-state index is 12.5. The first kappa shape index (κ1) is 19.1. The number of amides is 1. The number of anilines is 1. The second-order valence-electron chi connectivity index (χ2n) is 6.12. The molecule has 0 saturated carbocycles. The van der Waals surface area contributed by atoms with Crippen LogP contribution in [0.2, 0.25) is 0 Å². The fraction of sp³-hybridized carbons (Fsp3) is 0.316. The van der Waals surface area contributed by atoms with Gasteiger partial charge in [-0.05, 0) is 44.0 Å². The van der Waals surface area contributed by atoms with Gasteiger partial charge >= 0.3 is 0 Å². The third kappa shape index (κ3) is 4.67. The van der Waals surface area contributed by atoms with Crippen LogP contribution >= 0.6 is 0 Å². The van der Waals surface area contributed by atoms with Gasteiger partial charge in [-0.1, -0.05) is 35.9 Å². The van der Waals surface area contributed by atoms with Gasteiger partial charge in [0.05, 0.1) is 4.90 Å². The summed E-state index contributed by atoms with van der Waals surface area (Å²) in [6.45, 7) is 7.50. The molecule has 0 heterocycles. The molecule has 1 amide bonds. The topological polar surface area (TPSA) is 66.5 Å². The molecule has 2 aromatic rings. The van der Waals surface area contributed by atoms with E-state index in [0.717, 1.165) is 16.8 Å². The van der Waals surface area contributed by atoms with Crippen LogP contribution in [0.4, 0.5) is 5.69 Å². The number of sulfonamides is 1. The number of carbonyl (C=O) groups excluding carboxylic acids is 1. The molecule has 0 aliphatic carbocycles. The summed E-state index contributed by atoms with van der Waals surface area (Å²) in [6.07, 6.45) is 0. The second-order valence-corrected chi connectivity index (χ2v) is 7.86. The number of rotatable bonds is 6. The summed E-state index contributed by atoms with van der Waals surface area (Å²) in [5.74, 6) is -0.125. The number of carbonyl (C=O) groups is 1. The maximum Gasteiger partial charge on any atom is 0.240 e. The Morgan fingerprint density at radius 3 is 2.32 bits per heavy atom. The van der Waals surface area contributed by atoms with Gasteiger partial charge < -0.3 is 4.90 Å². The van der Waals surface area contributed by atoms with E-state index in [4.69, 9.17) is 0 Å². The highest BCUT2D eigenvalue weighted by Crippen LogP contribution is 2.20. The minimum absolute atomic E-state index is 0.125. The molecule has 0 atom stereocenters. The summed E-state index contributed by atoms with van der Waals surface area (Å²) in [4.78, 5) is 13.8. The lowest BCUT2D eigenvalue weighted by Gasteiger charge is -2.23. The fourth-order valence-corrected chi connectivity index (χ4v) is 4.03. The largest absolute Gasteiger partial charge is 0.311 e. The van der Waals surface area contributed by atoms with Gasteiger partial charge in [-0.3, -0.25) is 4.79 Å². The number of nitrogens with zero attached hydrogens (tertiary/aromatic N) is 1. The van der Waals surface area contributed by atoms with E-state index < -0.39 is 10.0 Å². The van der Waals surface area contributed by atoms with Gasteiger partial charge in [-0.15, -0.1) is 0 Å². The molecule has 2 rings (SSSR count). The first-order chi connectivity index (χ1) is 11.7. The summed E-state index contributed by atoms with van der Waals surface area (Å²) in [5.41, 5.74) is 3.48. The first-order valence-corrected chi connectivity index (χ1v) is 9.61. The normalized spacial score (nSPS) is 11.4. The Labute approximate surface area is 149 Å². The van der Waals surface area contributed by atoms with E-state index in [0.29, 0.717) is 5.56 Å². The molecule has 25 heavy (non-hydrogen) atoms. The van der Waals surface area contributed by atoms with Crippen molar-refractivity contribution in [2.45, 2.75) is 32.6 Å². The maximum atomic E-state index is 12.5. The van der Waals surface area contributed by atoms with E-state index in [9.17, 15) is 13.2 Å². The molecule has 0 saturated heterocycles. The van der Waals surface area contributed by atoms with Crippen LogP contribution in [0.25, 0.3) is 0 Å². The van der Waals surface area contributed by atoms with E-state index in [1.165, 1.54) is 6.92 Å². The van der Waals surface area contributed by atoms with Gasteiger partial charge in [0.1, 0.15) is 0 Å². The lowest BCUT2D eigenvalue weighted by molar-refractivity contribution is -0.116. The zero-order valence-corrected chi connectivity index (χ0v) is 15.9. The van der Waals surface area contributed by atoms with Crippen LogP contribution in [0.15, 0.2) is 47.4 Å².